The Hall–Kier alpha value is -3.99. The van der Waals surface area contributed by atoms with E-state index in [9.17, 15) is 22.8 Å². The number of carboxylic acids is 1. The number of carbonyl (C=O) groups excluding carboxylic acids is 2. The molecule has 0 spiro atoms. The van der Waals surface area contributed by atoms with Gasteiger partial charge < -0.3 is 20.6 Å². The van der Waals surface area contributed by atoms with Crippen LogP contribution in [-0.2, 0) is 20.9 Å². The molecule has 1 aromatic carbocycles. The fourth-order valence-electron chi connectivity index (χ4n) is 3.41. The summed E-state index contributed by atoms with van der Waals surface area (Å²) < 4.78 is 31.7. The van der Waals surface area contributed by atoms with Crippen molar-refractivity contribution < 1.29 is 32.7 Å². The normalized spacial score (nSPS) is 15.8. The van der Waals surface area contributed by atoms with Gasteiger partial charge in [0.2, 0.25) is 11.8 Å². The highest BCUT2D eigenvalue weighted by molar-refractivity contribution is 5.94. The minimum Gasteiger partial charge on any atom is -0.475 e. The predicted molar refractivity (Wildman–Crippen MR) is 123 cm³/mol. The summed E-state index contributed by atoms with van der Waals surface area (Å²) in [6.07, 6.45) is 2.93. The Balaban J connectivity index is 0.000000429. The van der Waals surface area contributed by atoms with E-state index in [4.69, 9.17) is 9.90 Å². The molecule has 1 aromatic heterocycles. The largest absolute Gasteiger partial charge is 0.490 e. The standard InChI is InChI=1S/C22H22N4O2.C2HF3O2/c27-20-15-23-14-19-12-16(13-24-22(19)25-20)6-7-21(28)26-10-8-18(9-11-26)17-4-2-1-3-5-17;3-2(4,5)1(6)7/h1-8,12-13,23H,9-11,14-15H2,(H,24,25,27);(H,6,7)/b7-6+;. The maximum absolute atomic E-state index is 12.5. The van der Waals surface area contributed by atoms with Crippen LogP contribution < -0.4 is 10.6 Å². The van der Waals surface area contributed by atoms with Gasteiger partial charge in [0.05, 0.1) is 6.54 Å². The van der Waals surface area contributed by atoms with Gasteiger partial charge in [-0.3, -0.25) is 9.59 Å². The summed E-state index contributed by atoms with van der Waals surface area (Å²) in [4.78, 5) is 39.1. The third kappa shape index (κ3) is 7.51. The fourth-order valence-corrected chi connectivity index (χ4v) is 3.41. The SMILES string of the molecule is O=C(O)C(F)(F)F.O=C1CNCc2cc(/C=C/C(=O)N3CC=C(c4ccccc4)CC3)cnc2N1. The maximum Gasteiger partial charge on any atom is 0.490 e. The lowest BCUT2D eigenvalue weighted by molar-refractivity contribution is -0.192. The Morgan fingerprint density at radius 2 is 1.86 bits per heavy atom. The number of aromatic nitrogens is 1. The molecule has 0 fully saturated rings. The summed E-state index contributed by atoms with van der Waals surface area (Å²) in [5.74, 6) is -2.29. The number of hydrogen-bond acceptors (Lipinski definition) is 5. The predicted octanol–water partition coefficient (Wildman–Crippen LogP) is 3.09. The number of rotatable bonds is 3. The number of anilines is 1. The number of carboxylic acid groups (broad SMARTS) is 1. The number of benzene rings is 1. The van der Waals surface area contributed by atoms with Crippen molar-refractivity contribution in [2.75, 3.05) is 25.0 Å². The first-order valence-electron chi connectivity index (χ1n) is 10.6. The summed E-state index contributed by atoms with van der Waals surface area (Å²) in [5, 5.41) is 12.9. The lowest BCUT2D eigenvalue weighted by Crippen LogP contribution is -2.33. The number of halogens is 3. The first-order chi connectivity index (χ1) is 16.6. The Kier molecular flexibility index (Phi) is 8.37. The summed E-state index contributed by atoms with van der Waals surface area (Å²) >= 11 is 0. The highest BCUT2D eigenvalue weighted by Crippen LogP contribution is 2.22. The average molecular weight is 488 g/mol. The Bertz CT molecular complexity index is 1150. The van der Waals surface area contributed by atoms with Gasteiger partial charge in [-0.05, 0) is 35.3 Å². The van der Waals surface area contributed by atoms with E-state index in [1.54, 1.807) is 18.3 Å². The van der Waals surface area contributed by atoms with E-state index in [2.05, 4.69) is 33.8 Å². The number of hydrogen-bond donors (Lipinski definition) is 3. The van der Waals surface area contributed by atoms with Crippen LogP contribution in [0.5, 0.6) is 0 Å². The molecule has 2 aliphatic heterocycles. The molecule has 4 rings (SSSR count). The van der Waals surface area contributed by atoms with Gasteiger partial charge in [0.1, 0.15) is 5.82 Å². The molecule has 0 radical (unpaired) electrons. The van der Waals surface area contributed by atoms with Crippen LogP contribution >= 0.6 is 0 Å². The van der Waals surface area contributed by atoms with E-state index in [1.807, 2.05) is 29.2 Å². The molecule has 2 amide bonds. The lowest BCUT2D eigenvalue weighted by atomic mass is 9.99. The average Bonchev–Trinajstić information content (AvgIpc) is 3.03. The zero-order valence-corrected chi connectivity index (χ0v) is 18.5. The Morgan fingerprint density at radius 3 is 2.49 bits per heavy atom. The summed E-state index contributed by atoms with van der Waals surface area (Å²) in [7, 11) is 0. The second kappa shape index (κ2) is 11.4. The van der Waals surface area contributed by atoms with Crippen LogP contribution in [0.4, 0.5) is 19.0 Å². The maximum atomic E-state index is 12.5. The van der Waals surface area contributed by atoms with Gasteiger partial charge in [0.25, 0.3) is 0 Å². The van der Waals surface area contributed by atoms with Crippen molar-refractivity contribution in [3.8, 4) is 0 Å². The molecule has 0 saturated heterocycles. The lowest BCUT2D eigenvalue weighted by Gasteiger charge is -2.25. The number of nitrogens with zero attached hydrogens (tertiary/aromatic N) is 2. The topological polar surface area (TPSA) is 112 Å². The molecule has 3 heterocycles. The molecule has 0 aliphatic carbocycles. The molecule has 2 aromatic rings. The number of alkyl halides is 3. The second-order valence-corrected chi connectivity index (χ2v) is 7.69. The van der Waals surface area contributed by atoms with Gasteiger partial charge >= 0.3 is 12.1 Å². The quantitative estimate of drug-likeness (QED) is 0.573. The van der Waals surface area contributed by atoms with Crippen molar-refractivity contribution in [1.82, 2.24) is 15.2 Å². The second-order valence-electron chi connectivity index (χ2n) is 7.69. The smallest absolute Gasteiger partial charge is 0.475 e. The van der Waals surface area contributed by atoms with Crippen molar-refractivity contribution in [2.24, 2.45) is 0 Å². The minimum atomic E-state index is -5.08. The number of carbonyl (C=O) groups is 3. The van der Waals surface area contributed by atoms with E-state index < -0.39 is 12.1 Å². The van der Waals surface area contributed by atoms with Crippen molar-refractivity contribution in [1.29, 1.82) is 0 Å². The number of fused-ring (bicyclic) bond motifs is 1. The van der Waals surface area contributed by atoms with Crippen molar-refractivity contribution in [2.45, 2.75) is 19.1 Å². The first kappa shape index (κ1) is 25.6. The molecular formula is C24H23F3N4O4. The zero-order chi connectivity index (χ0) is 25.4. The monoisotopic (exact) mass is 488 g/mol. The third-order valence-electron chi connectivity index (χ3n) is 5.17. The third-order valence-corrected chi connectivity index (χ3v) is 5.17. The summed E-state index contributed by atoms with van der Waals surface area (Å²) in [5.41, 5.74) is 4.26. The Morgan fingerprint density at radius 1 is 1.14 bits per heavy atom. The summed E-state index contributed by atoms with van der Waals surface area (Å²) in [6.45, 7) is 2.16. The van der Waals surface area contributed by atoms with E-state index in [1.165, 1.54) is 11.1 Å². The molecule has 0 unspecified atom stereocenters. The molecule has 8 nitrogen and oxygen atoms in total. The van der Waals surface area contributed by atoms with Gasteiger partial charge in [-0.25, -0.2) is 9.78 Å². The Labute approximate surface area is 199 Å². The molecule has 0 bridgehead atoms. The van der Waals surface area contributed by atoms with E-state index in [0.717, 1.165) is 17.5 Å². The zero-order valence-electron chi connectivity index (χ0n) is 18.5. The summed E-state index contributed by atoms with van der Waals surface area (Å²) in [6, 6.07) is 12.2. The first-order valence-corrected chi connectivity index (χ1v) is 10.6. The number of pyridine rings is 1. The molecule has 2 aliphatic rings. The van der Waals surface area contributed by atoms with Gasteiger partial charge in [-0.15, -0.1) is 0 Å². The van der Waals surface area contributed by atoms with Crippen LogP contribution in [0.2, 0.25) is 0 Å². The molecule has 0 atom stereocenters. The van der Waals surface area contributed by atoms with E-state index in [0.29, 0.717) is 25.5 Å². The molecule has 0 saturated carbocycles. The minimum absolute atomic E-state index is 0.00951. The van der Waals surface area contributed by atoms with Crippen molar-refractivity contribution >= 4 is 35.3 Å². The van der Waals surface area contributed by atoms with Gasteiger partial charge in [-0.2, -0.15) is 13.2 Å². The van der Waals surface area contributed by atoms with Crippen molar-refractivity contribution in [3.05, 3.63) is 71.4 Å². The van der Waals surface area contributed by atoms with Gasteiger partial charge in [0.15, 0.2) is 0 Å². The van der Waals surface area contributed by atoms with Crippen LogP contribution in [0.25, 0.3) is 11.6 Å². The van der Waals surface area contributed by atoms with E-state index >= 15 is 0 Å². The highest BCUT2D eigenvalue weighted by atomic mass is 19.4. The molecule has 184 valence electrons. The molecule has 11 heteroatoms. The van der Waals surface area contributed by atoms with Gasteiger partial charge in [0, 0.05) is 37.5 Å². The number of nitrogens with one attached hydrogen (secondary N) is 2. The molecule has 3 N–H and O–H groups in total. The molecular weight excluding hydrogens is 465 g/mol. The van der Waals surface area contributed by atoms with E-state index in [-0.39, 0.29) is 18.4 Å². The molecule has 35 heavy (non-hydrogen) atoms. The van der Waals surface area contributed by atoms with Crippen LogP contribution in [0.15, 0.2) is 54.7 Å². The van der Waals surface area contributed by atoms with Crippen LogP contribution in [0.3, 0.4) is 0 Å². The van der Waals surface area contributed by atoms with Crippen LogP contribution in [0, 0.1) is 0 Å². The fraction of sp³-hybridized carbons (Fsp3) is 0.250. The number of amides is 2. The van der Waals surface area contributed by atoms with Crippen molar-refractivity contribution in [3.63, 3.8) is 0 Å². The van der Waals surface area contributed by atoms with Gasteiger partial charge in [-0.1, -0.05) is 36.4 Å². The number of aliphatic carboxylic acids is 1. The van der Waals surface area contributed by atoms with Crippen LogP contribution in [-0.4, -0.2) is 58.6 Å². The highest BCUT2D eigenvalue weighted by Gasteiger charge is 2.38. The van der Waals surface area contributed by atoms with Crippen LogP contribution in [0.1, 0.15) is 23.1 Å².